The van der Waals surface area contributed by atoms with Gasteiger partial charge in [-0.3, -0.25) is 0 Å². The van der Waals surface area contributed by atoms with Gasteiger partial charge in [-0.15, -0.1) is 0 Å². The molecule has 25 heavy (non-hydrogen) atoms. The maximum absolute atomic E-state index is 6.10. The fraction of sp³-hybridized carbons (Fsp3) is 1.00. The van der Waals surface area contributed by atoms with Gasteiger partial charge in [0.2, 0.25) is 0 Å². The minimum Gasteiger partial charge on any atom is -0.328 e. The lowest BCUT2D eigenvalue weighted by atomic mass is 9.71. The summed E-state index contributed by atoms with van der Waals surface area (Å²) >= 11 is 0. The molecule has 0 heterocycles. The molecule has 8 unspecified atom stereocenters. The largest absolute Gasteiger partial charge is 0.328 e. The summed E-state index contributed by atoms with van der Waals surface area (Å²) in [6, 6.07) is 1.44. The highest BCUT2D eigenvalue weighted by Crippen LogP contribution is 2.38. The smallest absolute Gasteiger partial charge is 0.00647 e. The normalized spacial score (nSPS) is 45.4. The van der Waals surface area contributed by atoms with Gasteiger partial charge in [0.1, 0.15) is 0 Å². The Morgan fingerprint density at radius 1 is 0.640 bits per heavy atom. The van der Waals surface area contributed by atoms with Gasteiger partial charge in [-0.2, -0.15) is 0 Å². The minimum absolute atomic E-state index is 0.463. The van der Waals surface area contributed by atoms with E-state index in [4.69, 9.17) is 17.2 Å². The van der Waals surface area contributed by atoms with Crippen LogP contribution >= 0.6 is 0 Å². The summed E-state index contributed by atoms with van der Waals surface area (Å²) < 4.78 is 0. The van der Waals surface area contributed by atoms with E-state index in [1.165, 1.54) is 70.6 Å². The van der Waals surface area contributed by atoms with Crippen LogP contribution < -0.4 is 17.2 Å². The van der Waals surface area contributed by atoms with Gasteiger partial charge >= 0.3 is 0 Å². The number of rotatable bonds is 2. The second kappa shape index (κ2) is 10.3. The predicted molar refractivity (Wildman–Crippen MR) is 109 cm³/mol. The SMILES string of the molecule is CC1CC(CC2CCC(N)C(C)C2)CCC1N.CC1CCCC(N)C1. The van der Waals surface area contributed by atoms with E-state index in [0.717, 1.165) is 29.6 Å². The molecule has 0 aromatic heterocycles. The van der Waals surface area contributed by atoms with Crippen LogP contribution in [0, 0.1) is 29.6 Å². The summed E-state index contributed by atoms with van der Waals surface area (Å²) in [5.74, 6) is 4.24. The Kier molecular flexibility index (Phi) is 8.71. The Labute approximate surface area is 156 Å². The van der Waals surface area contributed by atoms with Crippen LogP contribution in [-0.2, 0) is 0 Å². The minimum atomic E-state index is 0.463. The molecule has 0 saturated heterocycles. The van der Waals surface area contributed by atoms with Crippen molar-refractivity contribution in [3.8, 4) is 0 Å². The molecule has 0 amide bonds. The Morgan fingerprint density at radius 2 is 1.16 bits per heavy atom. The molecular weight excluding hydrogens is 306 g/mol. The van der Waals surface area contributed by atoms with E-state index in [1.807, 2.05) is 0 Å². The summed E-state index contributed by atoms with van der Waals surface area (Å²) in [5.41, 5.74) is 17.9. The van der Waals surface area contributed by atoms with Crippen LogP contribution in [0.25, 0.3) is 0 Å². The molecule has 0 radical (unpaired) electrons. The van der Waals surface area contributed by atoms with Crippen molar-refractivity contribution in [2.75, 3.05) is 0 Å². The maximum Gasteiger partial charge on any atom is 0.00647 e. The first-order valence-corrected chi connectivity index (χ1v) is 11.1. The van der Waals surface area contributed by atoms with Crippen molar-refractivity contribution in [2.24, 2.45) is 46.8 Å². The van der Waals surface area contributed by atoms with Crippen molar-refractivity contribution < 1.29 is 0 Å². The van der Waals surface area contributed by atoms with Crippen molar-refractivity contribution in [2.45, 2.75) is 110 Å². The summed E-state index contributed by atoms with van der Waals surface area (Å²) in [4.78, 5) is 0. The first-order chi connectivity index (χ1) is 11.8. The van der Waals surface area contributed by atoms with Gasteiger partial charge in [-0.25, -0.2) is 0 Å². The monoisotopic (exact) mass is 351 g/mol. The summed E-state index contributed by atoms with van der Waals surface area (Å²) in [5, 5.41) is 0. The van der Waals surface area contributed by atoms with Crippen LogP contribution in [0.1, 0.15) is 91.4 Å². The van der Waals surface area contributed by atoms with Crippen LogP contribution in [0.2, 0.25) is 0 Å². The van der Waals surface area contributed by atoms with Crippen LogP contribution in [0.5, 0.6) is 0 Å². The van der Waals surface area contributed by atoms with Gasteiger partial charge in [0.05, 0.1) is 0 Å². The van der Waals surface area contributed by atoms with E-state index >= 15 is 0 Å². The molecule has 148 valence electrons. The number of hydrogen-bond acceptors (Lipinski definition) is 3. The molecule has 3 aliphatic carbocycles. The van der Waals surface area contributed by atoms with E-state index in [-0.39, 0.29) is 0 Å². The van der Waals surface area contributed by atoms with Crippen molar-refractivity contribution in [3.63, 3.8) is 0 Å². The molecule has 3 heteroatoms. The molecule has 0 aromatic carbocycles. The van der Waals surface area contributed by atoms with Crippen molar-refractivity contribution in [1.29, 1.82) is 0 Å². The highest BCUT2D eigenvalue weighted by Gasteiger charge is 2.30. The van der Waals surface area contributed by atoms with Crippen LogP contribution in [0.15, 0.2) is 0 Å². The molecule has 0 aromatic rings. The van der Waals surface area contributed by atoms with Gasteiger partial charge in [-0.05, 0) is 87.4 Å². The molecule has 3 saturated carbocycles. The molecule has 0 bridgehead atoms. The third kappa shape index (κ3) is 7.19. The van der Waals surface area contributed by atoms with Gasteiger partial charge in [0.15, 0.2) is 0 Å². The summed E-state index contributed by atoms with van der Waals surface area (Å²) in [6.07, 6.45) is 14.6. The summed E-state index contributed by atoms with van der Waals surface area (Å²) in [7, 11) is 0. The van der Waals surface area contributed by atoms with Gasteiger partial charge in [-0.1, -0.05) is 33.6 Å². The van der Waals surface area contributed by atoms with Crippen molar-refractivity contribution >= 4 is 0 Å². The van der Waals surface area contributed by atoms with Crippen LogP contribution in [0.3, 0.4) is 0 Å². The molecule has 3 rings (SSSR count). The summed E-state index contributed by atoms with van der Waals surface area (Å²) in [6.45, 7) is 6.95. The lowest BCUT2D eigenvalue weighted by Gasteiger charge is -2.37. The van der Waals surface area contributed by atoms with E-state index < -0.39 is 0 Å². The number of hydrogen-bond donors (Lipinski definition) is 3. The molecular formula is C22H45N3. The molecule has 8 atom stereocenters. The average molecular weight is 352 g/mol. The van der Waals surface area contributed by atoms with Gasteiger partial charge in [0.25, 0.3) is 0 Å². The molecule has 3 nitrogen and oxygen atoms in total. The van der Waals surface area contributed by atoms with Crippen molar-refractivity contribution in [3.05, 3.63) is 0 Å². The second-order valence-corrected chi connectivity index (χ2v) is 9.91. The zero-order valence-electron chi connectivity index (χ0n) is 17.1. The molecule has 6 N–H and O–H groups in total. The highest BCUT2D eigenvalue weighted by molar-refractivity contribution is 4.85. The fourth-order valence-electron chi connectivity index (χ4n) is 5.44. The molecule has 0 aliphatic heterocycles. The van der Waals surface area contributed by atoms with E-state index in [0.29, 0.717) is 18.1 Å². The van der Waals surface area contributed by atoms with Crippen LogP contribution in [0.4, 0.5) is 0 Å². The zero-order valence-corrected chi connectivity index (χ0v) is 17.1. The Hall–Kier alpha value is -0.120. The third-order valence-electron chi connectivity index (χ3n) is 7.33. The third-order valence-corrected chi connectivity index (χ3v) is 7.33. The lowest BCUT2D eigenvalue weighted by molar-refractivity contribution is 0.169. The van der Waals surface area contributed by atoms with Crippen LogP contribution in [-0.4, -0.2) is 18.1 Å². The van der Waals surface area contributed by atoms with E-state index in [9.17, 15) is 0 Å². The first-order valence-electron chi connectivity index (χ1n) is 11.1. The van der Waals surface area contributed by atoms with Crippen molar-refractivity contribution in [1.82, 2.24) is 0 Å². The Bertz CT molecular complexity index is 340. The zero-order chi connectivity index (χ0) is 18.4. The van der Waals surface area contributed by atoms with Gasteiger partial charge in [0, 0.05) is 18.1 Å². The Morgan fingerprint density at radius 3 is 1.52 bits per heavy atom. The predicted octanol–water partition coefficient (Wildman–Crippen LogP) is 4.43. The number of nitrogens with two attached hydrogens (primary N) is 3. The quantitative estimate of drug-likeness (QED) is 0.688. The highest BCUT2D eigenvalue weighted by atomic mass is 14.7. The first kappa shape index (κ1) is 21.2. The maximum atomic E-state index is 6.10. The van der Waals surface area contributed by atoms with E-state index in [1.54, 1.807) is 0 Å². The van der Waals surface area contributed by atoms with E-state index in [2.05, 4.69) is 20.8 Å². The lowest BCUT2D eigenvalue weighted by Crippen LogP contribution is -2.37. The van der Waals surface area contributed by atoms with Gasteiger partial charge < -0.3 is 17.2 Å². The topological polar surface area (TPSA) is 78.1 Å². The Balaban J connectivity index is 0.000000236. The second-order valence-electron chi connectivity index (χ2n) is 9.91. The molecule has 0 spiro atoms. The fourth-order valence-corrected chi connectivity index (χ4v) is 5.44. The average Bonchev–Trinajstić information content (AvgIpc) is 2.55. The molecule has 3 fully saturated rings. The molecule has 3 aliphatic rings. The standard InChI is InChI=1S/C15H30N2.C7H15N/c1-10-7-12(3-5-14(10)16)9-13-4-6-15(17)11(2)8-13;1-6-3-2-4-7(8)5-6/h10-15H,3-9,16-17H2,1-2H3;6-7H,2-5,8H2,1H3.